The van der Waals surface area contributed by atoms with Crippen molar-refractivity contribution in [1.82, 2.24) is 4.90 Å². The number of nitrogens with zero attached hydrogens (tertiary/aromatic N) is 1. The Morgan fingerprint density at radius 3 is 2.18 bits per heavy atom. The fourth-order valence-corrected chi connectivity index (χ4v) is 6.98. The number of unbranched alkanes of at least 4 members (excludes halogenated alkanes) is 2. The topological polar surface area (TPSA) is 66.5 Å². The van der Waals surface area contributed by atoms with Crippen molar-refractivity contribution < 1.29 is 14.4 Å². The second-order valence-corrected chi connectivity index (χ2v) is 10.2. The molecule has 1 aromatic carbocycles. The number of amides is 3. The van der Waals surface area contributed by atoms with Crippen molar-refractivity contribution in [3.8, 4) is 0 Å². The fourth-order valence-electron chi connectivity index (χ4n) is 5.11. The monoisotopic (exact) mass is 510 g/mol. The third kappa shape index (κ3) is 3.56. The Morgan fingerprint density at radius 1 is 0.964 bits per heavy atom. The summed E-state index contributed by atoms with van der Waals surface area (Å²) in [5.41, 5.74) is 0.803. The molecule has 1 aromatic rings. The number of benzene rings is 1. The molecule has 6 atom stereocenters. The van der Waals surface area contributed by atoms with Gasteiger partial charge in [0.05, 0.1) is 11.8 Å². The molecule has 2 bridgehead atoms. The first-order valence-corrected chi connectivity index (χ1v) is 11.8. The summed E-state index contributed by atoms with van der Waals surface area (Å²) in [5, 5.41) is 2.87. The number of para-hydroxylation sites is 1. The highest BCUT2D eigenvalue weighted by Crippen LogP contribution is 2.60. The molecule has 0 aromatic heterocycles. The Labute approximate surface area is 181 Å². The van der Waals surface area contributed by atoms with E-state index >= 15 is 0 Å². The number of hydrogen-bond acceptors (Lipinski definition) is 3. The average molecular weight is 512 g/mol. The Morgan fingerprint density at radius 2 is 1.57 bits per heavy atom. The van der Waals surface area contributed by atoms with Crippen LogP contribution in [-0.2, 0) is 14.4 Å². The van der Waals surface area contributed by atoms with Crippen LogP contribution in [0, 0.1) is 23.7 Å². The molecule has 2 aliphatic carbocycles. The highest BCUT2D eigenvalue weighted by molar-refractivity contribution is 9.12. The summed E-state index contributed by atoms with van der Waals surface area (Å²) in [6.07, 6.45) is 3.73. The van der Waals surface area contributed by atoms with E-state index in [4.69, 9.17) is 0 Å². The molecule has 150 valence electrons. The summed E-state index contributed by atoms with van der Waals surface area (Å²) in [6, 6.07) is 9.41. The number of rotatable bonds is 7. The van der Waals surface area contributed by atoms with Gasteiger partial charge in [-0.2, -0.15) is 0 Å². The maximum atomic E-state index is 12.8. The van der Waals surface area contributed by atoms with E-state index < -0.39 is 0 Å². The molecule has 1 N–H and O–H groups in total. The van der Waals surface area contributed by atoms with E-state index in [9.17, 15) is 14.4 Å². The van der Waals surface area contributed by atoms with E-state index in [0.29, 0.717) is 13.0 Å². The van der Waals surface area contributed by atoms with Gasteiger partial charge in [-0.3, -0.25) is 19.3 Å². The van der Waals surface area contributed by atoms with Gasteiger partial charge >= 0.3 is 0 Å². The standard InChI is InChI=1S/C21H24Br2N2O3/c22-18-13-11-14(19(18)23)17-16(13)20(27)25(21(17)28)10-6-2-5-9-15(26)24-12-7-3-1-4-8-12/h1,3-4,7-8,13-14,16-19H,2,5-6,9-11H2,(H,24,26)/t13-,14-,16-,17-,18+,19+/m1/s1. The van der Waals surface area contributed by atoms with Crippen molar-refractivity contribution >= 4 is 55.3 Å². The van der Waals surface area contributed by atoms with Gasteiger partial charge in [0, 0.05) is 28.3 Å². The van der Waals surface area contributed by atoms with Gasteiger partial charge in [-0.1, -0.05) is 56.5 Å². The number of carbonyl (C=O) groups is 3. The third-order valence-electron chi connectivity index (χ3n) is 6.42. The molecule has 2 saturated carbocycles. The Balaban J connectivity index is 1.21. The molecule has 7 heteroatoms. The van der Waals surface area contributed by atoms with E-state index in [1.165, 1.54) is 4.90 Å². The van der Waals surface area contributed by atoms with Crippen LogP contribution in [0.15, 0.2) is 30.3 Å². The van der Waals surface area contributed by atoms with Crippen LogP contribution in [0.1, 0.15) is 32.1 Å². The molecule has 3 amide bonds. The Kier molecular flexibility index (Phi) is 5.93. The number of alkyl halides is 2. The second kappa shape index (κ2) is 8.27. The number of hydrogen-bond donors (Lipinski definition) is 1. The predicted molar refractivity (Wildman–Crippen MR) is 114 cm³/mol. The summed E-state index contributed by atoms with van der Waals surface area (Å²) in [7, 11) is 0. The molecule has 3 fully saturated rings. The smallest absolute Gasteiger partial charge is 0.233 e. The molecule has 0 spiro atoms. The molecule has 1 aliphatic heterocycles. The molecule has 28 heavy (non-hydrogen) atoms. The number of imide groups is 1. The van der Waals surface area contributed by atoms with E-state index in [0.717, 1.165) is 31.4 Å². The lowest BCUT2D eigenvalue weighted by atomic mass is 9.81. The third-order valence-corrected chi connectivity index (χ3v) is 9.63. The zero-order valence-corrected chi connectivity index (χ0v) is 18.7. The van der Waals surface area contributed by atoms with Gasteiger partial charge in [0.15, 0.2) is 0 Å². The number of fused-ring (bicyclic) bond motifs is 5. The van der Waals surface area contributed by atoms with Crippen LogP contribution in [0.3, 0.4) is 0 Å². The zero-order valence-electron chi connectivity index (χ0n) is 15.5. The summed E-state index contributed by atoms with van der Waals surface area (Å²) < 4.78 is 0. The maximum absolute atomic E-state index is 12.8. The lowest BCUT2D eigenvalue weighted by molar-refractivity contribution is -0.140. The Hall–Kier alpha value is -1.21. The lowest BCUT2D eigenvalue weighted by Gasteiger charge is -2.28. The SMILES string of the molecule is O=C(CCCCCN1C(=O)[C@@H]2[C@H]3C[C@@H]([C@H](Br)[C@H]3Br)[C@H]2C1=O)Nc1ccccc1. The number of anilines is 1. The van der Waals surface area contributed by atoms with Gasteiger partial charge in [0.25, 0.3) is 0 Å². The minimum atomic E-state index is -0.132. The van der Waals surface area contributed by atoms with Gasteiger partial charge in [-0.15, -0.1) is 0 Å². The largest absolute Gasteiger partial charge is 0.326 e. The van der Waals surface area contributed by atoms with Crippen LogP contribution < -0.4 is 5.32 Å². The number of halogens is 2. The lowest BCUT2D eigenvalue weighted by Crippen LogP contribution is -2.37. The highest BCUT2D eigenvalue weighted by Gasteiger charge is 2.66. The highest BCUT2D eigenvalue weighted by atomic mass is 79.9. The number of likely N-dealkylation sites (tertiary alicyclic amines) is 1. The molecular weight excluding hydrogens is 488 g/mol. The maximum Gasteiger partial charge on any atom is 0.233 e. The van der Waals surface area contributed by atoms with E-state index in [1.807, 2.05) is 30.3 Å². The molecule has 1 saturated heterocycles. The molecular formula is C21H24Br2N2O3. The van der Waals surface area contributed by atoms with Crippen molar-refractivity contribution in [2.24, 2.45) is 23.7 Å². The minimum Gasteiger partial charge on any atom is -0.326 e. The second-order valence-electron chi connectivity index (χ2n) is 8.06. The van der Waals surface area contributed by atoms with Gasteiger partial charge in [0.1, 0.15) is 0 Å². The first-order valence-electron chi connectivity index (χ1n) is 9.97. The van der Waals surface area contributed by atoms with Gasteiger partial charge in [-0.05, 0) is 43.2 Å². The molecule has 1 heterocycles. The predicted octanol–water partition coefficient (Wildman–Crippen LogP) is 3.96. The molecule has 0 radical (unpaired) electrons. The molecule has 3 aliphatic rings. The van der Waals surface area contributed by atoms with Crippen LogP contribution in [0.25, 0.3) is 0 Å². The number of nitrogens with one attached hydrogen (secondary N) is 1. The first kappa shape index (κ1) is 20.1. The van der Waals surface area contributed by atoms with Crippen LogP contribution in [-0.4, -0.2) is 38.8 Å². The molecule has 4 rings (SSSR count). The summed E-state index contributed by atoms with van der Waals surface area (Å²) in [4.78, 5) is 39.7. The molecule has 0 unspecified atom stereocenters. The van der Waals surface area contributed by atoms with Crippen molar-refractivity contribution in [3.05, 3.63) is 30.3 Å². The van der Waals surface area contributed by atoms with E-state index in [1.54, 1.807) is 0 Å². The summed E-state index contributed by atoms with van der Waals surface area (Å²) in [6.45, 7) is 0.477. The zero-order chi connectivity index (χ0) is 19.8. The van der Waals surface area contributed by atoms with E-state index in [-0.39, 0.29) is 51.0 Å². The average Bonchev–Trinajstić information content (AvgIpc) is 3.28. The van der Waals surface area contributed by atoms with Crippen LogP contribution in [0.2, 0.25) is 0 Å². The normalized spacial score (nSPS) is 33.4. The number of carbonyl (C=O) groups excluding carboxylic acids is 3. The van der Waals surface area contributed by atoms with Crippen LogP contribution in [0.4, 0.5) is 5.69 Å². The van der Waals surface area contributed by atoms with Crippen LogP contribution in [0.5, 0.6) is 0 Å². The fraction of sp³-hybridized carbons (Fsp3) is 0.571. The van der Waals surface area contributed by atoms with Gasteiger partial charge in [0.2, 0.25) is 17.7 Å². The van der Waals surface area contributed by atoms with E-state index in [2.05, 4.69) is 37.2 Å². The van der Waals surface area contributed by atoms with Crippen molar-refractivity contribution in [2.45, 2.75) is 41.8 Å². The quantitative estimate of drug-likeness (QED) is 0.342. The summed E-state index contributed by atoms with van der Waals surface area (Å²) in [5.74, 6) is 0.309. The van der Waals surface area contributed by atoms with Crippen LogP contribution >= 0.6 is 31.9 Å². The van der Waals surface area contributed by atoms with Crippen molar-refractivity contribution in [2.75, 3.05) is 11.9 Å². The van der Waals surface area contributed by atoms with Gasteiger partial charge < -0.3 is 5.32 Å². The van der Waals surface area contributed by atoms with Crippen molar-refractivity contribution in [1.29, 1.82) is 0 Å². The first-order chi connectivity index (χ1) is 13.5. The van der Waals surface area contributed by atoms with Crippen molar-refractivity contribution in [3.63, 3.8) is 0 Å². The van der Waals surface area contributed by atoms with Gasteiger partial charge in [-0.25, -0.2) is 0 Å². The molecule has 5 nitrogen and oxygen atoms in total. The Bertz CT molecular complexity index is 740. The summed E-state index contributed by atoms with van der Waals surface area (Å²) >= 11 is 7.42. The minimum absolute atomic E-state index is 0.00245.